The molecule has 0 N–H and O–H groups in total. The Morgan fingerprint density at radius 3 is 1.08 bits per heavy atom. The van der Waals surface area contributed by atoms with Crippen LogP contribution >= 0.6 is 0 Å². The van der Waals surface area contributed by atoms with Gasteiger partial charge in [-0.15, -0.1) is 0 Å². The first kappa shape index (κ1) is 19.9. The molecule has 2 nitrogen and oxygen atoms in total. The minimum absolute atomic E-state index is 0.194. The van der Waals surface area contributed by atoms with Gasteiger partial charge in [0.05, 0.1) is 0 Å². The van der Waals surface area contributed by atoms with Crippen LogP contribution < -0.4 is 0 Å². The second-order valence-electron chi connectivity index (χ2n) is 11.2. The van der Waals surface area contributed by atoms with Crippen LogP contribution in [0.5, 0.6) is 0 Å². The molecule has 0 amide bonds. The molecule has 0 aromatic heterocycles. The maximum absolute atomic E-state index is 2.57. The Bertz CT molecular complexity index is 607. The number of hydrogen-bond acceptors (Lipinski definition) is 2. The third kappa shape index (κ3) is 2.85. The largest absolute Gasteiger partial charge is 0.295 e. The minimum atomic E-state index is 0.194. The van der Waals surface area contributed by atoms with E-state index < -0.39 is 0 Å². The average molecular weight is 357 g/mol. The van der Waals surface area contributed by atoms with Crippen molar-refractivity contribution in [1.82, 2.24) is 9.80 Å². The topological polar surface area (TPSA) is 6.48 Å². The van der Waals surface area contributed by atoms with Gasteiger partial charge in [-0.2, -0.15) is 0 Å². The fraction of sp³-hybridized carbons (Fsp3) is 0.750. The molecule has 26 heavy (non-hydrogen) atoms. The minimum Gasteiger partial charge on any atom is -0.295 e. The van der Waals surface area contributed by atoms with Crippen LogP contribution in [0.1, 0.15) is 91.2 Å². The molecule has 2 aliphatic heterocycles. The molecular formula is C24H40N2. The Morgan fingerprint density at radius 2 is 0.885 bits per heavy atom. The summed E-state index contributed by atoms with van der Waals surface area (Å²) in [6.07, 6.45) is 2.45. The van der Waals surface area contributed by atoms with E-state index >= 15 is 0 Å². The highest BCUT2D eigenvalue weighted by Crippen LogP contribution is 2.51. The van der Waals surface area contributed by atoms with E-state index in [2.05, 4.69) is 104 Å². The first-order valence-electron chi connectivity index (χ1n) is 10.3. The lowest BCUT2D eigenvalue weighted by Gasteiger charge is -2.39. The third-order valence-electron chi connectivity index (χ3n) is 8.40. The van der Waals surface area contributed by atoms with Crippen LogP contribution in [0.3, 0.4) is 0 Å². The highest BCUT2D eigenvalue weighted by atomic mass is 15.3. The van der Waals surface area contributed by atoms with Crippen molar-refractivity contribution in [2.24, 2.45) is 0 Å². The molecule has 0 bridgehead atoms. The summed E-state index contributed by atoms with van der Waals surface area (Å²) in [4.78, 5) is 5.13. The predicted octanol–water partition coefficient (Wildman–Crippen LogP) is 5.64. The van der Waals surface area contributed by atoms with Crippen molar-refractivity contribution >= 4 is 0 Å². The Kier molecular flexibility index (Phi) is 4.45. The van der Waals surface area contributed by atoms with E-state index in [1.54, 1.807) is 0 Å². The second kappa shape index (κ2) is 5.82. The summed E-state index contributed by atoms with van der Waals surface area (Å²) in [6.45, 7) is 19.1. The van der Waals surface area contributed by atoms with Crippen LogP contribution in [0.15, 0.2) is 24.3 Å². The number of likely N-dealkylation sites (tertiary alicyclic amines) is 2. The Morgan fingerprint density at radius 1 is 0.615 bits per heavy atom. The number of likely N-dealkylation sites (N-methyl/N-ethyl adjacent to an activating group) is 2. The van der Waals surface area contributed by atoms with Gasteiger partial charge in [-0.05, 0) is 93.5 Å². The highest BCUT2D eigenvalue weighted by molar-refractivity contribution is 5.34. The van der Waals surface area contributed by atoms with Crippen molar-refractivity contribution in [3.05, 3.63) is 35.4 Å². The summed E-state index contributed by atoms with van der Waals surface area (Å²) in [5, 5.41) is 0. The molecule has 3 rings (SSSR count). The van der Waals surface area contributed by atoms with Gasteiger partial charge in [0.25, 0.3) is 0 Å². The van der Waals surface area contributed by atoms with Crippen molar-refractivity contribution in [3.63, 3.8) is 0 Å². The quantitative estimate of drug-likeness (QED) is 0.676. The van der Waals surface area contributed by atoms with Crippen molar-refractivity contribution in [2.45, 2.75) is 102 Å². The van der Waals surface area contributed by atoms with E-state index in [4.69, 9.17) is 0 Å². The van der Waals surface area contributed by atoms with Crippen LogP contribution in [-0.2, 0) is 0 Å². The van der Waals surface area contributed by atoms with Gasteiger partial charge in [0.15, 0.2) is 0 Å². The monoisotopic (exact) mass is 356 g/mol. The van der Waals surface area contributed by atoms with E-state index in [1.165, 1.54) is 24.0 Å². The first-order chi connectivity index (χ1) is 11.7. The molecule has 1 aromatic rings. The number of hydrogen-bond donors (Lipinski definition) is 0. The van der Waals surface area contributed by atoms with Gasteiger partial charge in [0, 0.05) is 34.0 Å². The Balaban J connectivity index is 1.89. The smallest absolute Gasteiger partial charge is 0.0224 e. The first-order valence-corrected chi connectivity index (χ1v) is 10.3. The number of nitrogens with zero attached hydrogens (tertiary/aromatic N) is 2. The molecule has 2 unspecified atom stereocenters. The van der Waals surface area contributed by atoms with E-state index in [9.17, 15) is 0 Å². The van der Waals surface area contributed by atoms with Crippen LogP contribution in [0.4, 0.5) is 0 Å². The van der Waals surface area contributed by atoms with Crippen molar-refractivity contribution in [3.8, 4) is 0 Å². The summed E-state index contributed by atoms with van der Waals surface area (Å²) in [6, 6.07) is 9.66. The Hall–Kier alpha value is -0.860. The predicted molar refractivity (Wildman–Crippen MR) is 113 cm³/mol. The highest BCUT2D eigenvalue weighted by Gasteiger charge is 2.51. The number of benzene rings is 1. The van der Waals surface area contributed by atoms with Gasteiger partial charge < -0.3 is 0 Å². The van der Waals surface area contributed by atoms with Crippen LogP contribution in [0.25, 0.3) is 0 Å². The zero-order valence-corrected chi connectivity index (χ0v) is 18.8. The summed E-state index contributed by atoms with van der Waals surface area (Å²) in [5.74, 6) is 1.18. The van der Waals surface area contributed by atoms with Gasteiger partial charge in [-0.3, -0.25) is 9.80 Å². The summed E-state index contributed by atoms with van der Waals surface area (Å²) in [7, 11) is 4.57. The van der Waals surface area contributed by atoms with Gasteiger partial charge >= 0.3 is 0 Å². The molecule has 0 aliphatic carbocycles. The molecule has 0 saturated carbocycles. The van der Waals surface area contributed by atoms with Crippen molar-refractivity contribution in [1.29, 1.82) is 0 Å². The zero-order valence-electron chi connectivity index (χ0n) is 18.8. The molecule has 2 heterocycles. The summed E-state index contributed by atoms with van der Waals surface area (Å²) in [5.41, 5.74) is 3.90. The average Bonchev–Trinajstić information content (AvgIpc) is 2.81. The molecule has 2 heteroatoms. The standard InChI is InChI=1S/C24H40N2/c1-21(2)15-19(23(5,6)25(21)9)17-11-13-18(14-12-17)20-16-22(3,4)26(10)24(20,7)8/h11-14,19-20H,15-16H2,1-10H3. The van der Waals surface area contributed by atoms with E-state index in [0.29, 0.717) is 11.8 Å². The van der Waals surface area contributed by atoms with Gasteiger partial charge in [-0.25, -0.2) is 0 Å². The molecule has 2 fully saturated rings. The molecule has 2 aliphatic rings. The zero-order chi connectivity index (χ0) is 19.7. The van der Waals surface area contributed by atoms with E-state index in [1.807, 2.05) is 0 Å². The maximum Gasteiger partial charge on any atom is 0.0224 e. The summed E-state index contributed by atoms with van der Waals surface area (Å²) >= 11 is 0. The molecule has 0 spiro atoms. The molecule has 1 aromatic carbocycles. The lowest BCUT2D eigenvalue weighted by molar-refractivity contribution is 0.109. The van der Waals surface area contributed by atoms with Gasteiger partial charge in [-0.1, -0.05) is 24.3 Å². The molecule has 2 atom stereocenters. The maximum atomic E-state index is 2.57. The van der Waals surface area contributed by atoms with Crippen LogP contribution in [0, 0.1) is 0 Å². The molecular weight excluding hydrogens is 316 g/mol. The second-order valence-corrected chi connectivity index (χ2v) is 11.2. The number of rotatable bonds is 2. The lowest BCUT2D eigenvalue weighted by Crippen LogP contribution is -2.46. The fourth-order valence-corrected chi connectivity index (χ4v) is 5.81. The SMILES string of the molecule is CN1C(C)(C)CC(c2ccc(C3CC(C)(C)N(C)C3(C)C)cc2)C1(C)C. The van der Waals surface area contributed by atoms with Gasteiger partial charge in [0.1, 0.15) is 0 Å². The van der Waals surface area contributed by atoms with Crippen molar-refractivity contribution in [2.75, 3.05) is 14.1 Å². The van der Waals surface area contributed by atoms with E-state index in [-0.39, 0.29) is 22.2 Å². The molecule has 146 valence electrons. The molecule has 2 saturated heterocycles. The van der Waals surface area contributed by atoms with Crippen LogP contribution in [0.2, 0.25) is 0 Å². The fourth-order valence-electron chi connectivity index (χ4n) is 5.81. The van der Waals surface area contributed by atoms with E-state index in [0.717, 1.165) is 0 Å². The summed E-state index contributed by atoms with van der Waals surface area (Å²) < 4.78 is 0. The van der Waals surface area contributed by atoms with Gasteiger partial charge in [0.2, 0.25) is 0 Å². The van der Waals surface area contributed by atoms with Crippen LogP contribution in [-0.4, -0.2) is 46.1 Å². The Labute approximate surface area is 162 Å². The third-order valence-corrected chi connectivity index (χ3v) is 8.40. The molecule has 0 radical (unpaired) electrons. The lowest BCUT2D eigenvalue weighted by atomic mass is 9.78. The van der Waals surface area contributed by atoms with Crippen molar-refractivity contribution < 1.29 is 0 Å². The normalized spacial score (nSPS) is 32.8.